The molecule has 2 atom stereocenters. The van der Waals surface area contributed by atoms with Crippen molar-refractivity contribution in [3.63, 3.8) is 0 Å². The minimum atomic E-state index is -0.299. The third-order valence-electron chi connectivity index (χ3n) is 5.20. The Hall–Kier alpha value is -2.86. The van der Waals surface area contributed by atoms with Crippen LogP contribution in [-0.4, -0.2) is 11.9 Å². The summed E-state index contributed by atoms with van der Waals surface area (Å²) < 4.78 is 11.0. The summed E-state index contributed by atoms with van der Waals surface area (Å²) >= 11 is 12.7. The molecule has 30 heavy (non-hydrogen) atoms. The third-order valence-corrected chi connectivity index (χ3v) is 5.78. The predicted molar refractivity (Wildman–Crippen MR) is 117 cm³/mol. The molecule has 0 aliphatic carbocycles. The van der Waals surface area contributed by atoms with Crippen molar-refractivity contribution in [3.05, 3.63) is 93.5 Å². The summed E-state index contributed by atoms with van der Waals surface area (Å²) in [4.78, 5) is 0. The van der Waals surface area contributed by atoms with Crippen LogP contribution in [0.25, 0.3) is 5.70 Å². The summed E-state index contributed by atoms with van der Waals surface area (Å²) in [5.74, 6) is 1.59. The lowest BCUT2D eigenvalue weighted by molar-refractivity contribution is 0.174. The van der Waals surface area contributed by atoms with E-state index in [2.05, 4.69) is 10.6 Å². The number of phenols is 1. The van der Waals surface area contributed by atoms with Crippen LogP contribution >= 0.6 is 23.2 Å². The van der Waals surface area contributed by atoms with Crippen molar-refractivity contribution in [2.24, 2.45) is 0 Å². The Balaban J connectivity index is 1.59. The summed E-state index contributed by atoms with van der Waals surface area (Å²) in [7, 11) is 0. The number of rotatable bonds is 3. The first-order chi connectivity index (χ1) is 14.6. The van der Waals surface area contributed by atoms with E-state index < -0.39 is 0 Å². The van der Waals surface area contributed by atoms with E-state index in [9.17, 15) is 5.11 Å². The summed E-state index contributed by atoms with van der Waals surface area (Å²) in [6, 6.07) is 18.2. The molecule has 3 aromatic rings. The maximum Gasteiger partial charge on any atom is 0.231 e. The van der Waals surface area contributed by atoms with E-state index in [4.69, 9.17) is 32.7 Å². The third kappa shape index (κ3) is 3.56. The first kappa shape index (κ1) is 19.1. The molecule has 0 saturated heterocycles. The van der Waals surface area contributed by atoms with Crippen LogP contribution in [0, 0.1) is 0 Å². The molecule has 2 aliphatic heterocycles. The van der Waals surface area contributed by atoms with E-state index in [-0.39, 0.29) is 24.8 Å². The Morgan fingerprint density at radius 3 is 2.60 bits per heavy atom. The maximum atomic E-state index is 10.5. The van der Waals surface area contributed by atoms with Gasteiger partial charge in [0.05, 0.1) is 6.04 Å². The van der Waals surface area contributed by atoms with Gasteiger partial charge in [-0.3, -0.25) is 5.32 Å². The standard InChI is InChI=1S/C23H18Cl2N2O3/c24-14-6-7-20(28)16(10-14)19-11-18(13-5-8-21-22(9-13)30-12-29-21)26-23(27-19)15-3-1-2-4-17(15)25/h1-11,19,23,26-28H,12H2. The van der Waals surface area contributed by atoms with E-state index >= 15 is 0 Å². The van der Waals surface area contributed by atoms with Crippen molar-refractivity contribution in [2.45, 2.75) is 12.2 Å². The molecular weight excluding hydrogens is 423 g/mol. The first-order valence-corrected chi connectivity index (χ1v) is 10.2. The number of ether oxygens (including phenoxy) is 2. The van der Waals surface area contributed by atoms with Crippen LogP contribution in [0.1, 0.15) is 28.9 Å². The highest BCUT2D eigenvalue weighted by Crippen LogP contribution is 2.38. The minimum Gasteiger partial charge on any atom is -0.508 e. The highest BCUT2D eigenvalue weighted by Gasteiger charge is 2.27. The second-order valence-electron chi connectivity index (χ2n) is 7.09. The molecule has 2 unspecified atom stereocenters. The van der Waals surface area contributed by atoms with Crippen molar-refractivity contribution < 1.29 is 14.6 Å². The SMILES string of the molecule is Oc1ccc(Cl)cc1C1C=C(c2ccc3c(c2)OCO3)NC(c2ccccc2Cl)N1. The average molecular weight is 441 g/mol. The second kappa shape index (κ2) is 7.76. The molecule has 2 heterocycles. The maximum absolute atomic E-state index is 10.5. The van der Waals surface area contributed by atoms with Crippen LogP contribution in [0.5, 0.6) is 17.2 Å². The van der Waals surface area contributed by atoms with Gasteiger partial charge in [0.15, 0.2) is 11.5 Å². The summed E-state index contributed by atoms with van der Waals surface area (Å²) in [6.07, 6.45) is 1.73. The Morgan fingerprint density at radius 1 is 0.900 bits per heavy atom. The number of benzene rings is 3. The molecule has 3 aromatic carbocycles. The van der Waals surface area contributed by atoms with Gasteiger partial charge in [-0.15, -0.1) is 0 Å². The van der Waals surface area contributed by atoms with Crippen LogP contribution in [-0.2, 0) is 0 Å². The van der Waals surface area contributed by atoms with Crippen molar-refractivity contribution in [1.29, 1.82) is 0 Å². The van der Waals surface area contributed by atoms with Gasteiger partial charge in [0.25, 0.3) is 0 Å². The Morgan fingerprint density at radius 2 is 1.73 bits per heavy atom. The fraction of sp³-hybridized carbons (Fsp3) is 0.130. The Kier molecular flexibility index (Phi) is 4.95. The summed E-state index contributed by atoms with van der Waals surface area (Å²) in [5.41, 5.74) is 3.39. The fourth-order valence-electron chi connectivity index (χ4n) is 3.71. The van der Waals surface area contributed by atoms with Crippen LogP contribution < -0.4 is 20.1 Å². The lowest BCUT2D eigenvalue weighted by Crippen LogP contribution is -2.39. The Labute approximate surface area is 183 Å². The molecule has 0 aromatic heterocycles. The van der Waals surface area contributed by atoms with Crippen LogP contribution in [0.15, 0.2) is 66.7 Å². The van der Waals surface area contributed by atoms with E-state index in [0.717, 1.165) is 22.6 Å². The second-order valence-corrected chi connectivity index (χ2v) is 7.94. The Bertz CT molecular complexity index is 1150. The van der Waals surface area contributed by atoms with Crippen LogP contribution in [0.4, 0.5) is 0 Å². The van der Waals surface area contributed by atoms with Crippen molar-refractivity contribution in [1.82, 2.24) is 10.6 Å². The summed E-state index contributed by atoms with van der Waals surface area (Å²) in [5, 5.41) is 18.7. The number of nitrogens with one attached hydrogen (secondary N) is 2. The smallest absolute Gasteiger partial charge is 0.231 e. The lowest BCUT2D eigenvalue weighted by atomic mass is 9.97. The minimum absolute atomic E-state index is 0.165. The molecule has 0 saturated carbocycles. The van der Waals surface area contributed by atoms with E-state index in [1.54, 1.807) is 18.2 Å². The monoisotopic (exact) mass is 440 g/mol. The normalized spacial score (nSPS) is 19.9. The highest BCUT2D eigenvalue weighted by atomic mass is 35.5. The van der Waals surface area contributed by atoms with Gasteiger partial charge in [-0.2, -0.15) is 0 Å². The van der Waals surface area contributed by atoms with Crippen molar-refractivity contribution in [2.75, 3.05) is 6.79 Å². The van der Waals surface area contributed by atoms with Crippen LogP contribution in [0.3, 0.4) is 0 Å². The lowest BCUT2D eigenvalue weighted by Gasteiger charge is -2.33. The first-order valence-electron chi connectivity index (χ1n) is 9.46. The number of hydrogen-bond acceptors (Lipinski definition) is 5. The van der Waals surface area contributed by atoms with Gasteiger partial charge < -0.3 is 19.9 Å². The number of fused-ring (bicyclic) bond motifs is 1. The van der Waals surface area contributed by atoms with Crippen LogP contribution in [0.2, 0.25) is 10.0 Å². The molecular formula is C23H18Cl2N2O3. The molecule has 0 spiro atoms. The number of phenolic OH excluding ortho intramolecular Hbond substituents is 1. The largest absolute Gasteiger partial charge is 0.508 e. The highest BCUT2D eigenvalue weighted by molar-refractivity contribution is 6.31. The molecule has 0 amide bonds. The van der Waals surface area contributed by atoms with Gasteiger partial charge >= 0.3 is 0 Å². The number of halogens is 2. The molecule has 5 nitrogen and oxygen atoms in total. The molecule has 0 bridgehead atoms. The van der Waals surface area contributed by atoms with Gasteiger partial charge in [-0.05, 0) is 48.5 Å². The molecule has 2 aliphatic rings. The van der Waals surface area contributed by atoms with E-state index in [1.807, 2.05) is 48.5 Å². The van der Waals surface area contributed by atoms with Gasteiger partial charge in [0, 0.05) is 32.4 Å². The molecule has 0 radical (unpaired) electrons. The van der Waals surface area contributed by atoms with E-state index in [1.165, 1.54) is 0 Å². The molecule has 152 valence electrons. The zero-order chi connectivity index (χ0) is 20.7. The van der Waals surface area contributed by atoms with Crippen molar-refractivity contribution in [3.8, 4) is 17.2 Å². The molecule has 7 heteroatoms. The number of hydrogen-bond donors (Lipinski definition) is 3. The number of aromatic hydroxyl groups is 1. The van der Waals surface area contributed by atoms with Gasteiger partial charge in [-0.25, -0.2) is 0 Å². The van der Waals surface area contributed by atoms with Gasteiger partial charge in [0.2, 0.25) is 6.79 Å². The molecule has 3 N–H and O–H groups in total. The fourth-order valence-corrected chi connectivity index (χ4v) is 4.14. The summed E-state index contributed by atoms with van der Waals surface area (Å²) in [6.45, 7) is 0.216. The van der Waals surface area contributed by atoms with Gasteiger partial charge in [0.1, 0.15) is 11.9 Å². The molecule has 0 fully saturated rings. The van der Waals surface area contributed by atoms with Crippen molar-refractivity contribution >= 4 is 28.9 Å². The predicted octanol–water partition coefficient (Wildman–Crippen LogP) is 5.40. The molecule has 5 rings (SSSR count). The van der Waals surface area contributed by atoms with E-state index in [0.29, 0.717) is 21.4 Å². The quantitative estimate of drug-likeness (QED) is 0.508. The zero-order valence-electron chi connectivity index (χ0n) is 15.7. The topological polar surface area (TPSA) is 62.8 Å². The van der Waals surface area contributed by atoms with Gasteiger partial charge in [-0.1, -0.05) is 41.4 Å². The zero-order valence-corrected chi connectivity index (χ0v) is 17.2. The average Bonchev–Trinajstić information content (AvgIpc) is 3.23.